The first-order chi connectivity index (χ1) is 9.81. The highest BCUT2D eigenvalue weighted by atomic mass is 16.5. The number of esters is 1. The summed E-state index contributed by atoms with van der Waals surface area (Å²) in [6.45, 7) is 5.55. The van der Waals surface area contributed by atoms with Crippen molar-refractivity contribution < 1.29 is 19.4 Å². The zero-order valence-corrected chi connectivity index (χ0v) is 13.6. The predicted octanol–water partition coefficient (Wildman–Crippen LogP) is 2.82. The van der Waals surface area contributed by atoms with Gasteiger partial charge in [-0.3, -0.25) is 4.79 Å². The van der Waals surface area contributed by atoms with Crippen LogP contribution in [0.15, 0.2) is 24.3 Å². The molecule has 2 atom stereocenters. The van der Waals surface area contributed by atoms with Crippen molar-refractivity contribution in [2.75, 3.05) is 14.2 Å². The molecular formula is C17H26O4. The molecular weight excluding hydrogens is 268 g/mol. The molecule has 0 aliphatic carbocycles. The number of rotatable bonds is 7. The van der Waals surface area contributed by atoms with Gasteiger partial charge >= 0.3 is 5.97 Å². The van der Waals surface area contributed by atoms with Crippen molar-refractivity contribution in [1.29, 1.82) is 0 Å². The van der Waals surface area contributed by atoms with E-state index in [1.54, 1.807) is 14.0 Å². The molecule has 118 valence electrons. The maximum atomic E-state index is 11.9. The van der Waals surface area contributed by atoms with Gasteiger partial charge in [0.15, 0.2) is 0 Å². The molecule has 0 aliphatic rings. The highest BCUT2D eigenvalue weighted by Gasteiger charge is 2.39. The summed E-state index contributed by atoms with van der Waals surface area (Å²) in [6.07, 6.45) is 1.19. The van der Waals surface area contributed by atoms with Crippen LogP contribution < -0.4 is 4.74 Å². The van der Waals surface area contributed by atoms with E-state index in [4.69, 9.17) is 9.47 Å². The maximum absolute atomic E-state index is 11.9. The van der Waals surface area contributed by atoms with E-state index in [1.807, 2.05) is 38.1 Å². The van der Waals surface area contributed by atoms with Crippen LogP contribution in [0.5, 0.6) is 5.75 Å². The average molecular weight is 294 g/mol. The molecule has 1 aromatic carbocycles. The van der Waals surface area contributed by atoms with Gasteiger partial charge < -0.3 is 14.6 Å². The Morgan fingerprint density at radius 1 is 1.24 bits per heavy atom. The van der Waals surface area contributed by atoms with Gasteiger partial charge in [0.1, 0.15) is 5.75 Å². The highest BCUT2D eigenvalue weighted by molar-refractivity contribution is 5.74. The van der Waals surface area contributed by atoms with Crippen LogP contribution in [0, 0.1) is 11.8 Å². The quantitative estimate of drug-likeness (QED) is 0.786. The molecule has 0 heterocycles. The number of benzene rings is 1. The summed E-state index contributed by atoms with van der Waals surface area (Å²) < 4.78 is 9.95. The van der Waals surface area contributed by atoms with E-state index in [0.717, 1.165) is 11.3 Å². The molecule has 0 saturated heterocycles. The summed E-state index contributed by atoms with van der Waals surface area (Å²) in [5.74, 6) is -0.0612. The number of ether oxygens (including phenoxy) is 2. The molecule has 0 fully saturated rings. The van der Waals surface area contributed by atoms with Crippen LogP contribution in [0.3, 0.4) is 0 Å². The van der Waals surface area contributed by atoms with E-state index in [9.17, 15) is 9.90 Å². The maximum Gasteiger partial charge on any atom is 0.311 e. The van der Waals surface area contributed by atoms with E-state index in [1.165, 1.54) is 7.11 Å². The summed E-state index contributed by atoms with van der Waals surface area (Å²) in [5.41, 5.74) is 0.00437. The molecule has 0 radical (unpaired) electrons. The number of hydrogen-bond acceptors (Lipinski definition) is 4. The van der Waals surface area contributed by atoms with Gasteiger partial charge in [-0.15, -0.1) is 0 Å². The van der Waals surface area contributed by atoms with E-state index in [2.05, 4.69) is 0 Å². The van der Waals surface area contributed by atoms with Gasteiger partial charge in [-0.25, -0.2) is 0 Å². The smallest absolute Gasteiger partial charge is 0.311 e. The van der Waals surface area contributed by atoms with Crippen molar-refractivity contribution in [3.05, 3.63) is 29.8 Å². The highest BCUT2D eigenvalue weighted by Crippen LogP contribution is 2.30. The van der Waals surface area contributed by atoms with Crippen molar-refractivity contribution in [1.82, 2.24) is 0 Å². The molecule has 0 aliphatic heterocycles. The third-order valence-corrected chi connectivity index (χ3v) is 3.87. The lowest BCUT2D eigenvalue weighted by molar-refractivity contribution is -0.158. The summed E-state index contributed by atoms with van der Waals surface area (Å²) in [7, 11) is 2.99. The van der Waals surface area contributed by atoms with E-state index in [0.29, 0.717) is 12.8 Å². The number of hydrogen-bond donors (Lipinski definition) is 1. The number of carbonyl (C=O) groups excluding carboxylic acids is 1. The topological polar surface area (TPSA) is 55.8 Å². The van der Waals surface area contributed by atoms with Crippen molar-refractivity contribution in [2.24, 2.45) is 11.8 Å². The molecule has 0 amide bonds. The summed E-state index contributed by atoms with van der Waals surface area (Å²) >= 11 is 0. The lowest BCUT2D eigenvalue weighted by atomic mass is 9.77. The Bertz CT molecular complexity index is 448. The molecule has 1 aromatic rings. The second-order valence-corrected chi connectivity index (χ2v) is 5.95. The lowest BCUT2D eigenvalue weighted by Gasteiger charge is -2.33. The first-order valence-electron chi connectivity index (χ1n) is 7.25. The molecule has 4 nitrogen and oxygen atoms in total. The fourth-order valence-corrected chi connectivity index (χ4v) is 2.72. The predicted molar refractivity (Wildman–Crippen MR) is 82.3 cm³/mol. The Labute approximate surface area is 127 Å². The third-order valence-electron chi connectivity index (χ3n) is 3.87. The van der Waals surface area contributed by atoms with Crippen molar-refractivity contribution in [2.45, 2.75) is 39.2 Å². The van der Waals surface area contributed by atoms with Gasteiger partial charge in [-0.05, 0) is 43.4 Å². The summed E-state index contributed by atoms with van der Waals surface area (Å²) in [4.78, 5) is 11.9. The lowest BCUT2D eigenvalue weighted by Crippen LogP contribution is -2.43. The number of carbonyl (C=O) groups is 1. The third kappa shape index (κ3) is 4.74. The average Bonchev–Trinajstić information content (AvgIpc) is 2.45. The SMILES string of the molecule is COC(=O)C(C(C)C)C(C)(O)CCc1ccc(OC)cc1. The fourth-order valence-electron chi connectivity index (χ4n) is 2.72. The molecule has 0 bridgehead atoms. The van der Waals surface area contributed by atoms with E-state index in [-0.39, 0.29) is 11.9 Å². The van der Waals surface area contributed by atoms with E-state index < -0.39 is 11.5 Å². The minimum atomic E-state index is -1.10. The second-order valence-electron chi connectivity index (χ2n) is 5.95. The van der Waals surface area contributed by atoms with Gasteiger partial charge in [-0.2, -0.15) is 0 Å². The van der Waals surface area contributed by atoms with Gasteiger partial charge in [0.05, 0.1) is 25.7 Å². The molecule has 1 rings (SSSR count). The Kier molecular flexibility index (Phi) is 6.21. The summed E-state index contributed by atoms with van der Waals surface area (Å²) in [6, 6.07) is 7.73. The molecule has 4 heteroatoms. The Morgan fingerprint density at radius 2 is 1.81 bits per heavy atom. The van der Waals surface area contributed by atoms with Gasteiger partial charge in [0.25, 0.3) is 0 Å². The van der Waals surface area contributed by atoms with Crippen molar-refractivity contribution >= 4 is 5.97 Å². The minimum absolute atomic E-state index is 0.0170. The molecule has 2 unspecified atom stereocenters. The number of methoxy groups -OCH3 is 2. The first kappa shape index (κ1) is 17.5. The number of aryl methyl sites for hydroxylation is 1. The van der Waals surface area contributed by atoms with Crippen LogP contribution in [-0.2, 0) is 16.0 Å². The van der Waals surface area contributed by atoms with Crippen LogP contribution in [0.2, 0.25) is 0 Å². The standard InChI is InChI=1S/C17H26O4/c1-12(2)15(16(18)21-5)17(3,19)11-10-13-6-8-14(20-4)9-7-13/h6-9,12,15,19H,10-11H2,1-5H3. The normalized spacial score (nSPS) is 15.4. The minimum Gasteiger partial charge on any atom is -0.497 e. The summed E-state index contributed by atoms with van der Waals surface area (Å²) in [5, 5.41) is 10.7. The number of aliphatic hydroxyl groups is 1. The molecule has 21 heavy (non-hydrogen) atoms. The van der Waals surface area contributed by atoms with Crippen molar-refractivity contribution in [3.8, 4) is 5.75 Å². The van der Waals surface area contributed by atoms with Crippen molar-refractivity contribution in [3.63, 3.8) is 0 Å². The largest absolute Gasteiger partial charge is 0.497 e. The molecule has 0 saturated carbocycles. The second kappa shape index (κ2) is 7.46. The molecule has 0 spiro atoms. The Morgan fingerprint density at radius 3 is 2.24 bits per heavy atom. The molecule has 1 N–H and O–H groups in total. The Balaban J connectivity index is 2.75. The van der Waals surface area contributed by atoms with Crippen LogP contribution in [0.25, 0.3) is 0 Å². The monoisotopic (exact) mass is 294 g/mol. The van der Waals surface area contributed by atoms with Gasteiger partial charge in [0, 0.05) is 0 Å². The molecule has 0 aromatic heterocycles. The zero-order chi connectivity index (χ0) is 16.0. The van der Waals surface area contributed by atoms with E-state index >= 15 is 0 Å². The van der Waals surface area contributed by atoms with Crippen LogP contribution in [-0.4, -0.2) is 30.9 Å². The van der Waals surface area contributed by atoms with Gasteiger partial charge in [0.2, 0.25) is 0 Å². The Hall–Kier alpha value is -1.55. The van der Waals surface area contributed by atoms with Crippen LogP contribution in [0.4, 0.5) is 0 Å². The van der Waals surface area contributed by atoms with Gasteiger partial charge in [-0.1, -0.05) is 26.0 Å². The fraction of sp³-hybridized carbons (Fsp3) is 0.588. The van der Waals surface area contributed by atoms with Crippen LogP contribution in [0.1, 0.15) is 32.8 Å². The van der Waals surface area contributed by atoms with Crippen LogP contribution >= 0.6 is 0 Å². The first-order valence-corrected chi connectivity index (χ1v) is 7.25. The zero-order valence-electron chi connectivity index (χ0n) is 13.6.